The number of hydrogen-bond acceptors (Lipinski definition) is 3. The van der Waals surface area contributed by atoms with Crippen molar-refractivity contribution in [3.63, 3.8) is 0 Å². The molecule has 0 bridgehead atoms. The van der Waals surface area contributed by atoms with Crippen LogP contribution in [-0.2, 0) is 4.79 Å². The first-order chi connectivity index (χ1) is 9.42. The van der Waals surface area contributed by atoms with Crippen LogP contribution in [0.5, 0.6) is 0 Å². The normalized spacial score (nSPS) is 28.4. The quantitative estimate of drug-likeness (QED) is 0.552. The van der Waals surface area contributed by atoms with Gasteiger partial charge in [0.1, 0.15) is 5.54 Å². The third-order valence-electron chi connectivity index (χ3n) is 3.93. The van der Waals surface area contributed by atoms with Gasteiger partial charge >= 0.3 is 0 Å². The number of hydrogen-bond donors (Lipinski definition) is 0. The van der Waals surface area contributed by atoms with E-state index in [2.05, 4.69) is 51.5 Å². The molecule has 0 N–H and O–H groups in total. The highest BCUT2D eigenvalue weighted by atomic mass is 127. The maximum absolute atomic E-state index is 12.5. The molecule has 5 heteroatoms. The van der Waals surface area contributed by atoms with Gasteiger partial charge in [0.05, 0.1) is 0 Å². The molecule has 4 nitrogen and oxygen atoms in total. The SMILES string of the molecule is C[C@H]1[C@H](I)CN2C(=O)C(C)(C)N=C2N1c1ccccc1. The summed E-state index contributed by atoms with van der Waals surface area (Å²) in [5, 5.41) is 0. The molecule has 2 aliphatic rings. The van der Waals surface area contributed by atoms with Crippen LogP contribution in [0.25, 0.3) is 0 Å². The summed E-state index contributed by atoms with van der Waals surface area (Å²) in [6, 6.07) is 10.5. The Bertz CT molecular complexity index is 570. The van der Waals surface area contributed by atoms with Crippen molar-refractivity contribution in [2.75, 3.05) is 11.4 Å². The monoisotopic (exact) mass is 383 g/mol. The fourth-order valence-electron chi connectivity index (χ4n) is 2.74. The van der Waals surface area contributed by atoms with Crippen LogP contribution in [-0.4, -0.2) is 38.8 Å². The molecule has 1 saturated heterocycles. The van der Waals surface area contributed by atoms with Crippen molar-refractivity contribution in [3.05, 3.63) is 30.3 Å². The lowest BCUT2D eigenvalue weighted by molar-refractivity contribution is -0.130. The summed E-state index contributed by atoms with van der Waals surface area (Å²) in [6.07, 6.45) is 0. The first kappa shape index (κ1) is 13.9. The predicted octanol–water partition coefficient (Wildman–Crippen LogP) is 2.68. The number of rotatable bonds is 1. The summed E-state index contributed by atoms with van der Waals surface area (Å²) >= 11 is 2.43. The number of guanidine groups is 1. The van der Waals surface area contributed by atoms with Crippen LogP contribution >= 0.6 is 22.6 Å². The molecule has 1 fully saturated rings. The molecular formula is C15H18IN3O. The van der Waals surface area contributed by atoms with Crippen LogP contribution in [0, 0.1) is 0 Å². The number of benzene rings is 1. The second-order valence-electron chi connectivity index (χ2n) is 5.85. The lowest BCUT2D eigenvalue weighted by Gasteiger charge is -2.42. The third-order valence-corrected chi connectivity index (χ3v) is 5.36. The van der Waals surface area contributed by atoms with E-state index in [-0.39, 0.29) is 5.91 Å². The minimum Gasteiger partial charge on any atom is -0.308 e. The Balaban J connectivity index is 2.09. The molecular weight excluding hydrogens is 365 g/mol. The molecule has 2 atom stereocenters. The molecule has 3 rings (SSSR count). The third kappa shape index (κ3) is 2.03. The van der Waals surface area contributed by atoms with E-state index in [0.717, 1.165) is 18.2 Å². The van der Waals surface area contributed by atoms with Crippen molar-refractivity contribution in [2.45, 2.75) is 36.3 Å². The smallest absolute Gasteiger partial charge is 0.256 e. The van der Waals surface area contributed by atoms with E-state index >= 15 is 0 Å². The Morgan fingerprint density at radius 1 is 1.30 bits per heavy atom. The maximum atomic E-state index is 12.5. The highest BCUT2D eigenvalue weighted by molar-refractivity contribution is 14.1. The number of anilines is 1. The van der Waals surface area contributed by atoms with E-state index in [9.17, 15) is 4.79 Å². The molecule has 1 aromatic carbocycles. The number of fused-ring (bicyclic) bond motifs is 1. The first-order valence-electron chi connectivity index (χ1n) is 6.82. The van der Waals surface area contributed by atoms with Gasteiger partial charge in [0, 0.05) is 22.2 Å². The number of carbonyl (C=O) groups is 1. The molecule has 0 saturated carbocycles. The van der Waals surface area contributed by atoms with Crippen molar-refractivity contribution >= 4 is 40.1 Å². The van der Waals surface area contributed by atoms with E-state index in [4.69, 9.17) is 0 Å². The maximum Gasteiger partial charge on any atom is 0.256 e. The highest BCUT2D eigenvalue weighted by Crippen LogP contribution is 2.34. The Labute approximate surface area is 133 Å². The van der Waals surface area contributed by atoms with E-state index in [1.165, 1.54) is 0 Å². The highest BCUT2D eigenvalue weighted by Gasteiger charge is 2.48. The largest absolute Gasteiger partial charge is 0.308 e. The molecule has 0 aromatic heterocycles. The Morgan fingerprint density at radius 2 is 1.95 bits per heavy atom. The summed E-state index contributed by atoms with van der Waals surface area (Å²) in [7, 11) is 0. The van der Waals surface area contributed by atoms with Gasteiger partial charge in [-0.25, -0.2) is 4.99 Å². The molecule has 0 spiro atoms. The first-order valence-corrected chi connectivity index (χ1v) is 8.06. The van der Waals surface area contributed by atoms with Crippen molar-refractivity contribution < 1.29 is 4.79 Å². The van der Waals surface area contributed by atoms with Crippen molar-refractivity contribution in [2.24, 2.45) is 4.99 Å². The van der Waals surface area contributed by atoms with E-state index in [1.54, 1.807) is 0 Å². The van der Waals surface area contributed by atoms with Crippen LogP contribution < -0.4 is 4.90 Å². The standard InChI is InChI=1S/C15H18IN3O/c1-10-12(16)9-18-13(20)15(2,3)17-14(18)19(10)11-7-5-4-6-8-11/h4-8,10,12H,9H2,1-3H3/t10-,12+/m0/s1. The van der Waals surface area contributed by atoms with Crippen molar-refractivity contribution in [3.8, 4) is 0 Å². The van der Waals surface area contributed by atoms with Gasteiger partial charge in [-0.1, -0.05) is 40.8 Å². The number of aliphatic imine (C=N–C) groups is 1. The Morgan fingerprint density at radius 3 is 2.60 bits per heavy atom. The molecule has 2 heterocycles. The molecule has 0 radical (unpaired) electrons. The molecule has 1 amide bonds. The van der Waals surface area contributed by atoms with Crippen LogP contribution in [0.1, 0.15) is 20.8 Å². The van der Waals surface area contributed by atoms with Crippen molar-refractivity contribution in [1.29, 1.82) is 0 Å². The van der Waals surface area contributed by atoms with Crippen molar-refractivity contribution in [1.82, 2.24) is 4.90 Å². The van der Waals surface area contributed by atoms with Gasteiger partial charge in [0.25, 0.3) is 5.91 Å². The van der Waals surface area contributed by atoms with Gasteiger partial charge in [-0.15, -0.1) is 0 Å². The predicted molar refractivity (Wildman–Crippen MR) is 89.4 cm³/mol. The van der Waals surface area contributed by atoms with Crippen LogP contribution in [0.3, 0.4) is 0 Å². The van der Waals surface area contributed by atoms with Gasteiger partial charge in [-0.3, -0.25) is 9.69 Å². The topological polar surface area (TPSA) is 35.9 Å². The number of para-hydroxylation sites is 1. The minimum absolute atomic E-state index is 0.0991. The van der Waals surface area contributed by atoms with E-state index in [0.29, 0.717) is 9.97 Å². The van der Waals surface area contributed by atoms with Gasteiger partial charge < -0.3 is 4.90 Å². The average molecular weight is 383 g/mol. The van der Waals surface area contributed by atoms with Gasteiger partial charge in [0.2, 0.25) is 5.96 Å². The zero-order chi connectivity index (χ0) is 14.5. The van der Waals surface area contributed by atoms with Crippen LogP contribution in [0.4, 0.5) is 5.69 Å². The lowest BCUT2D eigenvalue weighted by Crippen LogP contribution is -2.59. The van der Waals surface area contributed by atoms with Gasteiger partial charge in [-0.05, 0) is 32.9 Å². The number of amides is 1. The van der Waals surface area contributed by atoms with Crippen LogP contribution in [0.2, 0.25) is 0 Å². The van der Waals surface area contributed by atoms with E-state index in [1.807, 2.05) is 36.9 Å². The molecule has 1 aromatic rings. The molecule has 0 unspecified atom stereocenters. The number of alkyl halides is 1. The molecule has 0 aliphatic carbocycles. The fraction of sp³-hybridized carbons (Fsp3) is 0.467. The second kappa shape index (κ2) is 4.72. The molecule has 106 valence electrons. The molecule has 2 aliphatic heterocycles. The summed E-state index contributed by atoms with van der Waals surface area (Å²) in [4.78, 5) is 21.2. The van der Waals surface area contributed by atoms with E-state index < -0.39 is 5.54 Å². The average Bonchev–Trinajstić information content (AvgIpc) is 2.63. The Hall–Kier alpha value is -1.11. The zero-order valence-electron chi connectivity index (χ0n) is 11.9. The van der Waals surface area contributed by atoms with Gasteiger partial charge in [0.15, 0.2) is 0 Å². The molecule has 20 heavy (non-hydrogen) atoms. The Kier molecular flexibility index (Phi) is 3.27. The summed E-state index contributed by atoms with van der Waals surface area (Å²) < 4.78 is 0.379. The lowest BCUT2D eigenvalue weighted by atomic mass is 10.1. The number of nitrogens with zero attached hydrogens (tertiary/aromatic N) is 3. The second-order valence-corrected chi connectivity index (χ2v) is 7.45. The summed E-state index contributed by atoms with van der Waals surface area (Å²) in [6.45, 7) is 6.71. The summed E-state index contributed by atoms with van der Waals surface area (Å²) in [5.74, 6) is 0.897. The minimum atomic E-state index is -0.650. The number of halogens is 1. The number of carbonyl (C=O) groups excluding carboxylic acids is 1. The fourth-order valence-corrected chi connectivity index (χ4v) is 3.45. The van der Waals surface area contributed by atoms with Gasteiger partial charge in [-0.2, -0.15) is 0 Å². The van der Waals surface area contributed by atoms with Crippen LogP contribution in [0.15, 0.2) is 35.3 Å². The zero-order valence-corrected chi connectivity index (χ0v) is 14.0. The summed E-state index contributed by atoms with van der Waals surface area (Å²) in [5.41, 5.74) is 0.443.